The topological polar surface area (TPSA) is 102 Å². The lowest BCUT2D eigenvalue weighted by molar-refractivity contribution is -0.139. The Balaban J connectivity index is 2.56. The van der Waals surface area contributed by atoms with Crippen molar-refractivity contribution in [1.29, 1.82) is 5.26 Å². The van der Waals surface area contributed by atoms with Crippen molar-refractivity contribution >= 4 is 29.4 Å². The van der Waals surface area contributed by atoms with Crippen molar-refractivity contribution in [2.45, 2.75) is 12.5 Å². The van der Waals surface area contributed by atoms with E-state index in [1.165, 1.54) is 11.8 Å². The number of nitrogens with zero attached hydrogens (tertiary/aromatic N) is 1. The molecule has 7 heteroatoms. The van der Waals surface area contributed by atoms with E-state index in [1.807, 2.05) is 12.3 Å². The molecule has 6 nitrogen and oxygen atoms in total. The second kappa shape index (κ2) is 8.07. The number of benzene rings is 1. The summed E-state index contributed by atoms with van der Waals surface area (Å²) in [5.41, 5.74) is 0.981. The molecule has 1 aromatic carbocycles. The predicted octanol–water partition coefficient (Wildman–Crippen LogP) is 1.89. The lowest BCUT2D eigenvalue weighted by atomic mass is 10.2. The number of amides is 2. The molecule has 0 fully saturated rings. The van der Waals surface area contributed by atoms with Gasteiger partial charge in [0.25, 0.3) is 0 Å². The van der Waals surface area contributed by atoms with Crippen molar-refractivity contribution in [3.63, 3.8) is 0 Å². The molecule has 3 N–H and O–H groups in total. The highest BCUT2D eigenvalue weighted by Crippen LogP contribution is 2.09. The Morgan fingerprint density at radius 1 is 1.40 bits per heavy atom. The first-order valence-corrected chi connectivity index (χ1v) is 7.25. The molecule has 0 aliphatic rings. The first-order valence-electron chi connectivity index (χ1n) is 5.86. The highest BCUT2D eigenvalue weighted by molar-refractivity contribution is 7.98. The van der Waals surface area contributed by atoms with E-state index in [-0.39, 0.29) is 0 Å². The van der Waals surface area contributed by atoms with Crippen LogP contribution in [0.5, 0.6) is 0 Å². The highest BCUT2D eigenvalue weighted by Gasteiger charge is 2.19. The molecule has 0 saturated carbocycles. The van der Waals surface area contributed by atoms with Gasteiger partial charge in [-0.05, 0) is 42.7 Å². The monoisotopic (exact) mass is 293 g/mol. The van der Waals surface area contributed by atoms with Crippen LogP contribution >= 0.6 is 11.8 Å². The summed E-state index contributed by atoms with van der Waals surface area (Å²) in [6.07, 6.45) is 2.23. The number of urea groups is 1. The van der Waals surface area contributed by atoms with E-state index in [2.05, 4.69) is 10.6 Å². The van der Waals surface area contributed by atoms with Gasteiger partial charge >= 0.3 is 12.0 Å². The van der Waals surface area contributed by atoms with Gasteiger partial charge in [0.1, 0.15) is 6.04 Å². The molecule has 1 atom stereocenters. The molecule has 0 aliphatic heterocycles. The summed E-state index contributed by atoms with van der Waals surface area (Å²) in [4.78, 5) is 22.7. The standard InChI is InChI=1S/C13H15N3O3S/c1-20-7-6-11(12(17)18)16-13(19)15-10-4-2-9(8-14)3-5-10/h2-5,11H,6-7H2,1H3,(H,17,18)(H2,15,16,19)/t11-/m0/s1. The molecule has 0 spiro atoms. The number of anilines is 1. The van der Waals surface area contributed by atoms with Gasteiger partial charge in [0, 0.05) is 5.69 Å². The number of rotatable bonds is 6. The molecule has 0 bridgehead atoms. The van der Waals surface area contributed by atoms with Gasteiger partial charge in [0.05, 0.1) is 11.6 Å². The number of carboxylic acids is 1. The van der Waals surface area contributed by atoms with E-state index in [4.69, 9.17) is 10.4 Å². The minimum Gasteiger partial charge on any atom is -0.480 e. The van der Waals surface area contributed by atoms with Gasteiger partial charge in [-0.25, -0.2) is 9.59 Å². The molecule has 0 radical (unpaired) electrons. The van der Waals surface area contributed by atoms with E-state index in [0.717, 1.165) is 0 Å². The van der Waals surface area contributed by atoms with Crippen LogP contribution in [0.1, 0.15) is 12.0 Å². The van der Waals surface area contributed by atoms with E-state index >= 15 is 0 Å². The molecular formula is C13H15N3O3S. The Morgan fingerprint density at radius 3 is 2.55 bits per heavy atom. The molecular weight excluding hydrogens is 278 g/mol. The van der Waals surface area contributed by atoms with Crippen LogP contribution in [0, 0.1) is 11.3 Å². The number of carbonyl (C=O) groups excluding carboxylic acids is 1. The lowest BCUT2D eigenvalue weighted by Crippen LogP contribution is -2.43. The van der Waals surface area contributed by atoms with Crippen molar-refractivity contribution in [2.24, 2.45) is 0 Å². The van der Waals surface area contributed by atoms with Crippen LogP contribution in [0.4, 0.5) is 10.5 Å². The molecule has 1 aromatic rings. The first kappa shape index (κ1) is 15.9. The minimum atomic E-state index is -1.06. The Hall–Kier alpha value is -2.20. The number of hydrogen-bond acceptors (Lipinski definition) is 4. The summed E-state index contributed by atoms with van der Waals surface area (Å²) in [6.45, 7) is 0. The smallest absolute Gasteiger partial charge is 0.326 e. The SMILES string of the molecule is CSCC[C@H](NC(=O)Nc1ccc(C#N)cc1)C(=O)O. The van der Waals surface area contributed by atoms with Gasteiger partial charge in [0.2, 0.25) is 0 Å². The van der Waals surface area contributed by atoms with Gasteiger partial charge in [-0.1, -0.05) is 0 Å². The maximum atomic E-state index is 11.7. The molecule has 20 heavy (non-hydrogen) atoms. The average Bonchev–Trinajstić information content (AvgIpc) is 2.44. The van der Waals surface area contributed by atoms with Crippen molar-refractivity contribution in [3.05, 3.63) is 29.8 Å². The lowest BCUT2D eigenvalue weighted by Gasteiger charge is -2.14. The van der Waals surface area contributed by atoms with Crippen LogP contribution in [0.3, 0.4) is 0 Å². The van der Waals surface area contributed by atoms with Crippen LogP contribution in [0.25, 0.3) is 0 Å². The minimum absolute atomic E-state index is 0.358. The fraction of sp³-hybridized carbons (Fsp3) is 0.308. The second-order valence-corrected chi connectivity index (χ2v) is 4.95. The number of carboxylic acid groups (broad SMARTS) is 1. The molecule has 2 amide bonds. The normalized spacial score (nSPS) is 11.2. The zero-order valence-electron chi connectivity index (χ0n) is 10.9. The largest absolute Gasteiger partial charge is 0.480 e. The van der Waals surface area contributed by atoms with Gasteiger partial charge in [0.15, 0.2) is 0 Å². The highest BCUT2D eigenvalue weighted by atomic mass is 32.2. The maximum absolute atomic E-state index is 11.7. The Morgan fingerprint density at radius 2 is 2.05 bits per heavy atom. The van der Waals surface area contributed by atoms with Gasteiger partial charge < -0.3 is 15.7 Å². The van der Waals surface area contributed by atoms with Crippen LogP contribution in [0.15, 0.2) is 24.3 Å². The van der Waals surface area contributed by atoms with E-state index in [9.17, 15) is 9.59 Å². The fourth-order valence-corrected chi connectivity index (χ4v) is 1.92. The second-order valence-electron chi connectivity index (χ2n) is 3.96. The van der Waals surface area contributed by atoms with Gasteiger partial charge in [-0.15, -0.1) is 0 Å². The number of carbonyl (C=O) groups is 2. The molecule has 0 aromatic heterocycles. The summed E-state index contributed by atoms with van der Waals surface area (Å²) in [6, 6.07) is 6.77. The maximum Gasteiger partial charge on any atom is 0.326 e. The van der Waals surface area contributed by atoms with Crippen LogP contribution < -0.4 is 10.6 Å². The zero-order valence-corrected chi connectivity index (χ0v) is 11.7. The van der Waals surface area contributed by atoms with Crippen molar-refractivity contribution < 1.29 is 14.7 Å². The third kappa shape index (κ3) is 5.20. The first-order chi connectivity index (χ1) is 9.56. The summed E-state index contributed by atoms with van der Waals surface area (Å²) in [5.74, 6) is -0.414. The molecule has 0 saturated heterocycles. The van der Waals surface area contributed by atoms with E-state index < -0.39 is 18.0 Å². The van der Waals surface area contributed by atoms with Crippen molar-refractivity contribution in [1.82, 2.24) is 5.32 Å². The number of nitrogens with one attached hydrogen (secondary N) is 2. The van der Waals surface area contributed by atoms with Crippen LogP contribution in [-0.2, 0) is 4.79 Å². The number of hydrogen-bond donors (Lipinski definition) is 3. The molecule has 106 valence electrons. The Bertz CT molecular complexity index is 511. The van der Waals surface area contributed by atoms with Gasteiger partial charge in [-0.3, -0.25) is 0 Å². The summed E-state index contributed by atoms with van der Waals surface area (Å²) >= 11 is 1.52. The quantitative estimate of drug-likeness (QED) is 0.743. The fourth-order valence-electron chi connectivity index (χ4n) is 1.45. The molecule has 0 unspecified atom stereocenters. The zero-order chi connectivity index (χ0) is 15.0. The molecule has 1 rings (SSSR count). The van der Waals surface area contributed by atoms with E-state index in [0.29, 0.717) is 23.4 Å². The third-order valence-electron chi connectivity index (χ3n) is 2.49. The van der Waals surface area contributed by atoms with Crippen molar-refractivity contribution in [2.75, 3.05) is 17.3 Å². The molecule has 0 aliphatic carbocycles. The van der Waals surface area contributed by atoms with E-state index in [1.54, 1.807) is 24.3 Å². The average molecular weight is 293 g/mol. The Kier molecular flexibility index (Phi) is 6.40. The van der Waals surface area contributed by atoms with Crippen LogP contribution in [-0.4, -0.2) is 35.2 Å². The molecule has 0 heterocycles. The summed E-state index contributed by atoms with van der Waals surface area (Å²) in [5, 5.41) is 22.6. The predicted molar refractivity (Wildman–Crippen MR) is 77.7 cm³/mol. The number of aliphatic carboxylic acids is 1. The Labute approximate surface area is 121 Å². The summed E-state index contributed by atoms with van der Waals surface area (Å²) < 4.78 is 0. The number of nitriles is 1. The number of thioether (sulfide) groups is 1. The summed E-state index contributed by atoms with van der Waals surface area (Å²) in [7, 11) is 0. The van der Waals surface area contributed by atoms with Gasteiger partial charge in [-0.2, -0.15) is 17.0 Å². The van der Waals surface area contributed by atoms with Crippen molar-refractivity contribution in [3.8, 4) is 6.07 Å². The third-order valence-corrected chi connectivity index (χ3v) is 3.13. The van der Waals surface area contributed by atoms with Crippen LogP contribution in [0.2, 0.25) is 0 Å².